The predicted octanol–water partition coefficient (Wildman–Crippen LogP) is 3.42. The maximum atomic E-state index is 13.4. The van der Waals surface area contributed by atoms with Crippen LogP contribution < -0.4 is 23.8 Å². The van der Waals surface area contributed by atoms with Crippen molar-refractivity contribution in [3.05, 3.63) is 58.8 Å². The van der Waals surface area contributed by atoms with Crippen molar-refractivity contribution in [1.29, 1.82) is 0 Å². The highest BCUT2D eigenvalue weighted by molar-refractivity contribution is 7.09. The van der Waals surface area contributed by atoms with Gasteiger partial charge in [-0.15, -0.1) is 21.5 Å². The first-order valence-electron chi connectivity index (χ1n) is 10.9. The fourth-order valence-electron chi connectivity index (χ4n) is 3.69. The van der Waals surface area contributed by atoms with E-state index in [2.05, 4.69) is 15.4 Å². The Labute approximate surface area is 205 Å². The van der Waals surface area contributed by atoms with Crippen LogP contribution in [0.25, 0.3) is 11.4 Å². The van der Waals surface area contributed by atoms with Crippen molar-refractivity contribution < 1.29 is 23.7 Å². The highest BCUT2D eigenvalue weighted by atomic mass is 32.1. The molecule has 0 bridgehead atoms. The normalized spacial score (nSPS) is 12.3. The molecule has 0 aliphatic carbocycles. The first-order valence-corrected chi connectivity index (χ1v) is 11.7. The molecule has 0 fully saturated rings. The van der Waals surface area contributed by atoms with E-state index in [0.717, 1.165) is 4.88 Å². The summed E-state index contributed by atoms with van der Waals surface area (Å²) in [6.07, 6.45) is 0. The first-order chi connectivity index (χ1) is 17.1. The smallest absolute Gasteiger partial charge is 0.250 e. The lowest BCUT2D eigenvalue weighted by atomic mass is 10.2. The zero-order valence-corrected chi connectivity index (χ0v) is 20.0. The summed E-state index contributed by atoms with van der Waals surface area (Å²) in [6, 6.07) is 14.8. The molecule has 3 heterocycles. The van der Waals surface area contributed by atoms with Crippen LogP contribution in [-0.2, 0) is 17.9 Å². The van der Waals surface area contributed by atoms with Crippen LogP contribution in [0, 0.1) is 0 Å². The van der Waals surface area contributed by atoms with Gasteiger partial charge >= 0.3 is 0 Å². The Morgan fingerprint density at radius 1 is 1.06 bits per heavy atom. The van der Waals surface area contributed by atoms with Gasteiger partial charge in [0.15, 0.2) is 23.0 Å². The molecule has 0 saturated heterocycles. The number of fused-ring (bicyclic) bond motifs is 1. The molecular weight excluding hydrogens is 470 g/mol. The molecule has 2 aromatic carbocycles. The van der Waals surface area contributed by atoms with Crippen LogP contribution in [0.2, 0.25) is 0 Å². The number of anilines is 1. The Morgan fingerprint density at radius 3 is 2.66 bits per heavy atom. The largest absolute Gasteiger partial charge is 0.493 e. The second-order valence-electron chi connectivity index (χ2n) is 7.60. The molecule has 11 heteroatoms. The molecule has 0 radical (unpaired) electrons. The SMILES string of the molecule is COc1ccc(-c2nnn(CC(=O)N(Cc3cccs3)c3ccc4c(c3)OCCO4)n2)cc1OC. The van der Waals surface area contributed by atoms with Gasteiger partial charge in [0.2, 0.25) is 5.82 Å². The molecule has 10 nitrogen and oxygen atoms in total. The predicted molar refractivity (Wildman–Crippen MR) is 129 cm³/mol. The standard InChI is InChI=1S/C24H23N5O5S/c1-31-19-7-5-16(12-21(19)32-2)24-25-27-29(26-24)15-23(30)28(14-18-4-3-11-35-18)17-6-8-20-22(13-17)34-10-9-33-20/h3-8,11-13H,9-10,14-15H2,1-2H3. The Hall–Kier alpha value is -4.12. The number of thiophene rings is 1. The number of rotatable bonds is 8. The summed E-state index contributed by atoms with van der Waals surface area (Å²) in [6.45, 7) is 1.30. The third-order valence-corrected chi connectivity index (χ3v) is 6.26. The van der Waals surface area contributed by atoms with Crippen molar-refractivity contribution in [2.24, 2.45) is 0 Å². The Morgan fingerprint density at radius 2 is 1.89 bits per heavy atom. The minimum absolute atomic E-state index is 0.0832. The van der Waals surface area contributed by atoms with Crippen LogP contribution in [0.4, 0.5) is 5.69 Å². The van der Waals surface area contributed by atoms with Crippen LogP contribution in [-0.4, -0.2) is 53.5 Å². The molecule has 1 aliphatic rings. The van der Waals surface area contributed by atoms with E-state index in [4.69, 9.17) is 18.9 Å². The average molecular weight is 494 g/mol. The van der Waals surface area contributed by atoms with Gasteiger partial charge in [-0.3, -0.25) is 4.79 Å². The van der Waals surface area contributed by atoms with Crippen molar-refractivity contribution in [1.82, 2.24) is 20.2 Å². The lowest BCUT2D eigenvalue weighted by Crippen LogP contribution is -2.34. The maximum absolute atomic E-state index is 13.4. The number of carbonyl (C=O) groups excluding carboxylic acids is 1. The summed E-state index contributed by atoms with van der Waals surface area (Å²) in [5, 5.41) is 14.6. The first kappa shape index (κ1) is 22.7. The van der Waals surface area contributed by atoms with E-state index < -0.39 is 0 Å². The molecule has 2 aromatic heterocycles. The Bertz CT molecular complexity index is 1320. The van der Waals surface area contributed by atoms with Crippen molar-refractivity contribution in [2.75, 3.05) is 32.3 Å². The zero-order chi connectivity index (χ0) is 24.2. The van der Waals surface area contributed by atoms with Crippen LogP contribution in [0.5, 0.6) is 23.0 Å². The molecule has 0 atom stereocenters. The Kier molecular flexibility index (Phi) is 6.49. The van der Waals surface area contributed by atoms with E-state index in [1.165, 1.54) is 4.80 Å². The molecule has 0 unspecified atom stereocenters. The van der Waals surface area contributed by atoms with Gasteiger partial charge in [-0.25, -0.2) is 0 Å². The monoisotopic (exact) mass is 493 g/mol. The highest BCUT2D eigenvalue weighted by Gasteiger charge is 2.22. The number of amides is 1. The molecule has 0 spiro atoms. The maximum Gasteiger partial charge on any atom is 0.250 e. The van der Waals surface area contributed by atoms with Gasteiger partial charge < -0.3 is 23.8 Å². The van der Waals surface area contributed by atoms with Crippen LogP contribution >= 0.6 is 11.3 Å². The van der Waals surface area contributed by atoms with Gasteiger partial charge in [-0.1, -0.05) is 6.07 Å². The fourth-order valence-corrected chi connectivity index (χ4v) is 4.38. The van der Waals surface area contributed by atoms with E-state index in [1.54, 1.807) is 42.6 Å². The molecule has 35 heavy (non-hydrogen) atoms. The van der Waals surface area contributed by atoms with Crippen molar-refractivity contribution in [3.8, 4) is 34.4 Å². The molecular formula is C24H23N5O5S. The van der Waals surface area contributed by atoms with Crippen molar-refractivity contribution in [2.45, 2.75) is 13.1 Å². The van der Waals surface area contributed by atoms with E-state index >= 15 is 0 Å². The minimum Gasteiger partial charge on any atom is -0.493 e. The van der Waals surface area contributed by atoms with Gasteiger partial charge in [0.05, 0.1) is 20.8 Å². The van der Waals surface area contributed by atoms with E-state index in [-0.39, 0.29) is 12.5 Å². The van der Waals surface area contributed by atoms with Crippen molar-refractivity contribution in [3.63, 3.8) is 0 Å². The average Bonchev–Trinajstić information content (AvgIpc) is 3.59. The van der Waals surface area contributed by atoms with E-state index in [1.807, 2.05) is 41.8 Å². The number of aromatic nitrogens is 4. The van der Waals surface area contributed by atoms with Gasteiger partial charge in [0, 0.05) is 22.2 Å². The summed E-state index contributed by atoms with van der Waals surface area (Å²) in [4.78, 5) is 17.4. The zero-order valence-electron chi connectivity index (χ0n) is 19.2. The molecule has 0 saturated carbocycles. The summed E-state index contributed by atoms with van der Waals surface area (Å²) in [5.41, 5.74) is 1.40. The number of hydrogen-bond acceptors (Lipinski definition) is 9. The Balaban J connectivity index is 1.38. The number of carbonyl (C=O) groups is 1. The number of hydrogen-bond donors (Lipinski definition) is 0. The second-order valence-corrected chi connectivity index (χ2v) is 8.63. The molecule has 4 aromatic rings. The van der Waals surface area contributed by atoms with Gasteiger partial charge in [-0.05, 0) is 47.0 Å². The number of ether oxygens (including phenoxy) is 4. The quantitative estimate of drug-likeness (QED) is 0.368. The number of nitrogens with zero attached hydrogens (tertiary/aromatic N) is 5. The molecule has 5 rings (SSSR count). The fraction of sp³-hybridized carbons (Fsp3) is 0.250. The van der Waals surface area contributed by atoms with Crippen molar-refractivity contribution >= 4 is 22.9 Å². The highest BCUT2D eigenvalue weighted by Crippen LogP contribution is 2.35. The molecule has 180 valence electrons. The lowest BCUT2D eigenvalue weighted by molar-refractivity contribution is -0.119. The molecule has 1 aliphatic heterocycles. The molecule has 1 amide bonds. The number of benzene rings is 2. The van der Waals surface area contributed by atoms with E-state index in [9.17, 15) is 4.79 Å². The van der Waals surface area contributed by atoms with Gasteiger partial charge in [0.1, 0.15) is 19.8 Å². The minimum atomic E-state index is -0.189. The number of tetrazole rings is 1. The van der Waals surface area contributed by atoms with E-state index in [0.29, 0.717) is 59.8 Å². The second kappa shape index (κ2) is 10.0. The van der Waals surface area contributed by atoms with Gasteiger partial charge in [0.25, 0.3) is 5.91 Å². The summed E-state index contributed by atoms with van der Waals surface area (Å²) in [5.74, 6) is 2.63. The third kappa shape index (κ3) is 4.90. The van der Waals surface area contributed by atoms with Gasteiger partial charge in [-0.2, -0.15) is 4.80 Å². The topological polar surface area (TPSA) is 101 Å². The lowest BCUT2D eigenvalue weighted by Gasteiger charge is -2.25. The third-order valence-electron chi connectivity index (χ3n) is 5.40. The summed E-state index contributed by atoms with van der Waals surface area (Å²) in [7, 11) is 3.13. The number of methoxy groups -OCH3 is 2. The molecule has 0 N–H and O–H groups in total. The van der Waals surface area contributed by atoms with Crippen LogP contribution in [0.3, 0.4) is 0 Å². The summed E-state index contributed by atoms with van der Waals surface area (Å²) < 4.78 is 22.0. The van der Waals surface area contributed by atoms with Crippen LogP contribution in [0.15, 0.2) is 53.9 Å². The van der Waals surface area contributed by atoms with Crippen LogP contribution in [0.1, 0.15) is 4.88 Å². The summed E-state index contributed by atoms with van der Waals surface area (Å²) >= 11 is 1.58.